The van der Waals surface area contributed by atoms with Crippen LogP contribution in [0, 0.1) is 17.1 Å². The first-order valence-corrected chi connectivity index (χ1v) is 5.20. The lowest BCUT2D eigenvalue weighted by molar-refractivity contribution is 0.481. The summed E-state index contributed by atoms with van der Waals surface area (Å²) in [5, 5.41) is 9.02. The number of halogens is 2. The highest BCUT2D eigenvalue weighted by molar-refractivity contribution is 6.32. The summed E-state index contributed by atoms with van der Waals surface area (Å²) in [4.78, 5) is 0. The molecule has 0 aliphatic carbocycles. The molecular formula is C13H7ClFNO. The monoisotopic (exact) mass is 247 g/mol. The van der Waals surface area contributed by atoms with Crippen LogP contribution < -0.4 is 4.74 Å². The normalized spacial score (nSPS) is 9.71. The van der Waals surface area contributed by atoms with Crippen LogP contribution in [0.15, 0.2) is 42.5 Å². The van der Waals surface area contributed by atoms with Crippen LogP contribution in [0.4, 0.5) is 4.39 Å². The Morgan fingerprint density at radius 1 is 1.12 bits per heavy atom. The van der Waals surface area contributed by atoms with Gasteiger partial charge in [0.2, 0.25) is 0 Å². The van der Waals surface area contributed by atoms with Crippen LogP contribution >= 0.6 is 11.6 Å². The van der Waals surface area contributed by atoms with Gasteiger partial charge in [-0.3, -0.25) is 0 Å². The van der Waals surface area contributed by atoms with E-state index in [-0.39, 0.29) is 5.82 Å². The van der Waals surface area contributed by atoms with Gasteiger partial charge in [0.15, 0.2) is 0 Å². The van der Waals surface area contributed by atoms with Crippen LogP contribution in [0.2, 0.25) is 5.02 Å². The lowest BCUT2D eigenvalue weighted by Crippen LogP contribution is -1.86. The van der Waals surface area contributed by atoms with E-state index in [0.717, 1.165) is 0 Å². The first-order chi connectivity index (χ1) is 8.19. The van der Waals surface area contributed by atoms with Crippen molar-refractivity contribution in [3.8, 4) is 17.6 Å². The van der Waals surface area contributed by atoms with Gasteiger partial charge in [0.05, 0.1) is 16.7 Å². The van der Waals surface area contributed by atoms with Crippen LogP contribution in [0.1, 0.15) is 5.56 Å². The van der Waals surface area contributed by atoms with Crippen molar-refractivity contribution in [3.05, 3.63) is 58.9 Å². The number of rotatable bonds is 2. The molecule has 84 valence electrons. The van der Waals surface area contributed by atoms with E-state index in [1.165, 1.54) is 30.3 Å². The molecule has 0 bridgehead atoms. The molecule has 0 heterocycles. The minimum Gasteiger partial charge on any atom is -0.456 e. The van der Waals surface area contributed by atoms with Crippen LogP contribution in [0.3, 0.4) is 0 Å². The predicted molar refractivity (Wildman–Crippen MR) is 62.6 cm³/mol. The molecule has 0 aliphatic rings. The molecule has 0 amide bonds. The molecule has 0 fully saturated rings. The van der Waals surface area contributed by atoms with Gasteiger partial charge in [0, 0.05) is 0 Å². The number of nitriles is 1. The lowest BCUT2D eigenvalue weighted by Gasteiger charge is -2.07. The summed E-state index contributed by atoms with van der Waals surface area (Å²) in [6, 6.07) is 12.3. The maximum Gasteiger partial charge on any atom is 0.146 e. The van der Waals surface area contributed by atoms with E-state index >= 15 is 0 Å². The van der Waals surface area contributed by atoms with Crippen molar-refractivity contribution in [2.45, 2.75) is 0 Å². The van der Waals surface area contributed by atoms with Gasteiger partial charge in [-0.15, -0.1) is 0 Å². The molecule has 2 nitrogen and oxygen atoms in total. The molecule has 2 rings (SSSR count). The summed E-state index contributed by atoms with van der Waals surface area (Å²) in [6.07, 6.45) is 0. The molecule has 0 spiro atoms. The summed E-state index contributed by atoms with van der Waals surface area (Å²) < 4.78 is 18.1. The first-order valence-electron chi connectivity index (χ1n) is 4.82. The Kier molecular flexibility index (Phi) is 3.27. The Bertz CT molecular complexity index is 575. The topological polar surface area (TPSA) is 33.0 Å². The summed E-state index contributed by atoms with van der Waals surface area (Å²) in [6.45, 7) is 0. The number of nitrogens with zero attached hydrogens (tertiary/aromatic N) is 1. The van der Waals surface area contributed by atoms with E-state index in [0.29, 0.717) is 22.1 Å². The molecule has 0 N–H and O–H groups in total. The molecule has 4 heteroatoms. The largest absolute Gasteiger partial charge is 0.456 e. The van der Waals surface area contributed by atoms with E-state index in [2.05, 4.69) is 0 Å². The third kappa shape index (κ3) is 2.74. The summed E-state index contributed by atoms with van der Waals surface area (Å²) >= 11 is 5.94. The lowest BCUT2D eigenvalue weighted by atomic mass is 10.2. The van der Waals surface area contributed by atoms with E-state index < -0.39 is 0 Å². The maximum atomic E-state index is 12.7. The van der Waals surface area contributed by atoms with Crippen molar-refractivity contribution in [1.29, 1.82) is 5.26 Å². The number of benzene rings is 2. The van der Waals surface area contributed by atoms with Gasteiger partial charge in [-0.1, -0.05) is 11.6 Å². The van der Waals surface area contributed by atoms with E-state index in [1.807, 2.05) is 6.07 Å². The second-order valence-corrected chi connectivity index (χ2v) is 3.72. The summed E-state index contributed by atoms with van der Waals surface area (Å²) in [5.74, 6) is 0.582. The second-order valence-electron chi connectivity index (χ2n) is 3.31. The van der Waals surface area contributed by atoms with Gasteiger partial charge in [-0.05, 0) is 42.5 Å². The predicted octanol–water partition coefficient (Wildman–Crippen LogP) is 4.14. The van der Waals surface area contributed by atoms with Crippen molar-refractivity contribution in [3.63, 3.8) is 0 Å². The molecule has 2 aromatic rings. The Morgan fingerprint density at radius 3 is 2.41 bits per heavy atom. The van der Waals surface area contributed by atoms with Gasteiger partial charge in [0.1, 0.15) is 17.3 Å². The standard InChI is InChI=1S/C13H7ClFNO/c14-12-7-9(8-16)1-6-13(12)17-11-4-2-10(15)3-5-11/h1-7H. The zero-order valence-corrected chi connectivity index (χ0v) is 9.41. The SMILES string of the molecule is N#Cc1ccc(Oc2ccc(F)cc2)c(Cl)c1. The van der Waals surface area contributed by atoms with Gasteiger partial charge < -0.3 is 4.74 Å². The van der Waals surface area contributed by atoms with Crippen LogP contribution in [0.5, 0.6) is 11.5 Å². The Morgan fingerprint density at radius 2 is 1.82 bits per heavy atom. The highest BCUT2D eigenvalue weighted by Crippen LogP contribution is 2.29. The third-order valence-corrected chi connectivity index (χ3v) is 2.40. The van der Waals surface area contributed by atoms with Crippen LogP contribution in [-0.2, 0) is 0 Å². The smallest absolute Gasteiger partial charge is 0.146 e. The third-order valence-electron chi connectivity index (χ3n) is 2.10. The van der Waals surface area contributed by atoms with Gasteiger partial charge >= 0.3 is 0 Å². The average Bonchev–Trinajstić information content (AvgIpc) is 2.34. The fraction of sp³-hybridized carbons (Fsp3) is 0. The van der Waals surface area contributed by atoms with Crippen molar-refractivity contribution >= 4 is 11.6 Å². The molecule has 0 radical (unpaired) electrons. The van der Waals surface area contributed by atoms with Crippen LogP contribution in [0.25, 0.3) is 0 Å². The molecule has 0 saturated carbocycles. The molecule has 0 unspecified atom stereocenters. The molecule has 0 atom stereocenters. The fourth-order valence-electron chi connectivity index (χ4n) is 1.28. The van der Waals surface area contributed by atoms with Crippen LogP contribution in [-0.4, -0.2) is 0 Å². The Balaban J connectivity index is 2.25. The zero-order valence-electron chi connectivity index (χ0n) is 8.65. The van der Waals surface area contributed by atoms with E-state index in [9.17, 15) is 4.39 Å². The first kappa shape index (κ1) is 11.4. The number of ether oxygens (including phenoxy) is 1. The van der Waals surface area contributed by atoms with Gasteiger partial charge in [-0.25, -0.2) is 4.39 Å². The summed E-state index contributed by atoms with van der Waals surface area (Å²) in [5.41, 5.74) is 0.460. The Labute approximate surface area is 103 Å². The molecule has 0 saturated heterocycles. The molecular weight excluding hydrogens is 241 g/mol. The maximum absolute atomic E-state index is 12.7. The highest BCUT2D eigenvalue weighted by Gasteiger charge is 2.04. The number of hydrogen-bond donors (Lipinski definition) is 0. The molecule has 0 aromatic heterocycles. The highest BCUT2D eigenvalue weighted by atomic mass is 35.5. The quantitative estimate of drug-likeness (QED) is 0.799. The molecule has 2 aromatic carbocycles. The minimum absolute atomic E-state index is 0.330. The van der Waals surface area contributed by atoms with Crippen molar-refractivity contribution in [2.75, 3.05) is 0 Å². The van der Waals surface area contributed by atoms with E-state index in [1.54, 1.807) is 12.1 Å². The molecule has 17 heavy (non-hydrogen) atoms. The van der Waals surface area contributed by atoms with E-state index in [4.69, 9.17) is 21.6 Å². The minimum atomic E-state index is -0.330. The van der Waals surface area contributed by atoms with Gasteiger partial charge in [0.25, 0.3) is 0 Å². The molecule has 0 aliphatic heterocycles. The second kappa shape index (κ2) is 4.86. The van der Waals surface area contributed by atoms with Gasteiger partial charge in [-0.2, -0.15) is 5.26 Å². The number of hydrogen-bond acceptors (Lipinski definition) is 2. The van der Waals surface area contributed by atoms with Crippen molar-refractivity contribution < 1.29 is 9.13 Å². The fourth-order valence-corrected chi connectivity index (χ4v) is 1.50. The van der Waals surface area contributed by atoms with Crippen molar-refractivity contribution in [1.82, 2.24) is 0 Å². The summed E-state index contributed by atoms with van der Waals surface area (Å²) in [7, 11) is 0. The Hall–Kier alpha value is -2.05. The zero-order chi connectivity index (χ0) is 12.3. The van der Waals surface area contributed by atoms with Crippen molar-refractivity contribution in [2.24, 2.45) is 0 Å². The average molecular weight is 248 g/mol.